The van der Waals surface area contributed by atoms with Crippen molar-refractivity contribution in [1.29, 1.82) is 0 Å². The molecule has 0 bridgehead atoms. The van der Waals surface area contributed by atoms with Gasteiger partial charge >= 0.3 is 0 Å². The number of benzene rings is 2. The first-order valence-corrected chi connectivity index (χ1v) is 7.69. The first kappa shape index (κ1) is 14.2. The van der Waals surface area contributed by atoms with Crippen LogP contribution in [0.15, 0.2) is 93.5 Å². The zero-order chi connectivity index (χ0) is 15.0. The van der Waals surface area contributed by atoms with E-state index in [9.17, 15) is 0 Å². The molecule has 2 aromatic carbocycles. The molecule has 0 unspecified atom stereocenters. The Morgan fingerprint density at radius 1 is 0.818 bits per heavy atom. The van der Waals surface area contributed by atoms with Gasteiger partial charge in [0.05, 0.1) is 5.69 Å². The third-order valence-electron chi connectivity index (χ3n) is 2.84. The van der Waals surface area contributed by atoms with E-state index in [1.807, 2.05) is 78.2 Å². The topological polar surface area (TPSA) is 49.1 Å². The van der Waals surface area contributed by atoms with Crippen molar-refractivity contribution in [3.63, 3.8) is 0 Å². The average molecular weight is 306 g/mol. The molecule has 0 saturated carbocycles. The summed E-state index contributed by atoms with van der Waals surface area (Å²) < 4.78 is 0. The normalized spacial score (nSPS) is 11.7. The largest absolute Gasteiger partial charge is 0.266 e. The van der Waals surface area contributed by atoms with Crippen LogP contribution in [0.3, 0.4) is 0 Å². The van der Waals surface area contributed by atoms with Crippen molar-refractivity contribution in [3.8, 4) is 0 Å². The number of amidine groups is 1. The molecule has 4 nitrogen and oxygen atoms in total. The second-order valence-electron chi connectivity index (χ2n) is 4.43. The van der Waals surface area contributed by atoms with E-state index in [2.05, 4.69) is 20.8 Å². The predicted molar refractivity (Wildman–Crippen MR) is 91.9 cm³/mol. The highest BCUT2D eigenvalue weighted by Gasteiger charge is 2.02. The predicted octanol–water partition coefficient (Wildman–Crippen LogP) is 5.31. The van der Waals surface area contributed by atoms with Gasteiger partial charge in [0, 0.05) is 5.56 Å². The number of hydrogen-bond acceptors (Lipinski definition) is 4. The van der Waals surface area contributed by atoms with Gasteiger partial charge in [-0.25, -0.2) is 0 Å². The number of azo groups is 1. The SMILES string of the molecule is c1ccc(/N=N/C(=N/Nc2cccs2)c2ccccc2)cc1. The van der Waals surface area contributed by atoms with Crippen LogP contribution in [0, 0.1) is 0 Å². The molecule has 1 aromatic heterocycles. The molecule has 3 aromatic rings. The Balaban J connectivity index is 1.86. The highest BCUT2D eigenvalue weighted by Crippen LogP contribution is 2.16. The monoisotopic (exact) mass is 306 g/mol. The van der Waals surface area contributed by atoms with Crippen LogP contribution in [-0.4, -0.2) is 5.84 Å². The van der Waals surface area contributed by atoms with Gasteiger partial charge in [0.25, 0.3) is 0 Å². The number of nitrogens with zero attached hydrogens (tertiary/aromatic N) is 3. The van der Waals surface area contributed by atoms with E-state index in [1.165, 1.54) is 0 Å². The van der Waals surface area contributed by atoms with Gasteiger partial charge in [-0.05, 0) is 29.6 Å². The first-order chi connectivity index (χ1) is 10.9. The van der Waals surface area contributed by atoms with Crippen LogP contribution in [0.4, 0.5) is 10.7 Å². The number of thiophene rings is 1. The summed E-state index contributed by atoms with van der Waals surface area (Å²) in [5.74, 6) is 0.540. The first-order valence-electron chi connectivity index (χ1n) is 6.81. The van der Waals surface area contributed by atoms with Gasteiger partial charge in [-0.1, -0.05) is 48.5 Å². The van der Waals surface area contributed by atoms with Gasteiger partial charge in [0.1, 0.15) is 5.00 Å². The van der Waals surface area contributed by atoms with Crippen LogP contribution in [0.2, 0.25) is 0 Å². The molecular weight excluding hydrogens is 292 g/mol. The van der Waals surface area contributed by atoms with E-state index in [-0.39, 0.29) is 0 Å². The number of hydrogen-bond donors (Lipinski definition) is 1. The summed E-state index contributed by atoms with van der Waals surface area (Å²) in [4.78, 5) is 0. The second kappa shape index (κ2) is 7.28. The Morgan fingerprint density at radius 2 is 1.55 bits per heavy atom. The molecule has 0 spiro atoms. The molecule has 22 heavy (non-hydrogen) atoms. The molecule has 0 saturated heterocycles. The maximum absolute atomic E-state index is 4.37. The minimum atomic E-state index is 0.540. The van der Waals surface area contributed by atoms with E-state index in [4.69, 9.17) is 0 Å². The molecular formula is C17H14N4S. The van der Waals surface area contributed by atoms with Crippen molar-refractivity contribution in [1.82, 2.24) is 0 Å². The molecule has 0 fully saturated rings. The Hall–Kier alpha value is -2.79. The summed E-state index contributed by atoms with van der Waals surface area (Å²) in [5, 5.41) is 15.8. The molecule has 3 rings (SSSR count). The van der Waals surface area contributed by atoms with Crippen molar-refractivity contribution in [2.75, 3.05) is 5.43 Å². The average Bonchev–Trinajstić information content (AvgIpc) is 3.10. The molecule has 5 heteroatoms. The summed E-state index contributed by atoms with van der Waals surface area (Å²) in [5.41, 5.74) is 4.71. The highest BCUT2D eigenvalue weighted by atomic mass is 32.1. The zero-order valence-electron chi connectivity index (χ0n) is 11.8. The van der Waals surface area contributed by atoms with Crippen LogP contribution >= 0.6 is 11.3 Å². The fourth-order valence-corrected chi connectivity index (χ4v) is 2.34. The van der Waals surface area contributed by atoms with Gasteiger partial charge in [-0.15, -0.1) is 21.6 Å². The Morgan fingerprint density at radius 3 is 2.23 bits per heavy atom. The lowest BCUT2D eigenvalue weighted by Gasteiger charge is -2.01. The lowest BCUT2D eigenvalue weighted by molar-refractivity contribution is 1.23. The van der Waals surface area contributed by atoms with Crippen molar-refractivity contribution >= 4 is 27.9 Å². The second-order valence-corrected chi connectivity index (χ2v) is 5.37. The van der Waals surface area contributed by atoms with Crippen LogP contribution < -0.4 is 5.43 Å². The number of anilines is 1. The van der Waals surface area contributed by atoms with Gasteiger partial charge in [-0.3, -0.25) is 5.43 Å². The van der Waals surface area contributed by atoms with Gasteiger partial charge in [0.2, 0.25) is 5.84 Å². The lowest BCUT2D eigenvalue weighted by Crippen LogP contribution is -2.00. The molecule has 0 atom stereocenters. The third kappa shape index (κ3) is 3.86. The zero-order valence-corrected chi connectivity index (χ0v) is 12.6. The smallest absolute Gasteiger partial charge is 0.201 e. The van der Waals surface area contributed by atoms with Crippen LogP contribution in [0.5, 0.6) is 0 Å². The summed E-state index contributed by atoms with van der Waals surface area (Å²) in [6.07, 6.45) is 0. The fraction of sp³-hybridized carbons (Fsp3) is 0. The van der Waals surface area contributed by atoms with Crippen molar-refractivity contribution in [2.45, 2.75) is 0 Å². The van der Waals surface area contributed by atoms with Gasteiger partial charge in [-0.2, -0.15) is 5.10 Å². The highest BCUT2D eigenvalue weighted by molar-refractivity contribution is 7.14. The minimum absolute atomic E-state index is 0.540. The molecule has 1 heterocycles. The van der Waals surface area contributed by atoms with E-state index in [0.717, 1.165) is 16.3 Å². The van der Waals surface area contributed by atoms with E-state index in [1.54, 1.807) is 11.3 Å². The summed E-state index contributed by atoms with van der Waals surface area (Å²) >= 11 is 1.58. The standard InChI is InChI=1S/C17H14N4S/c1-3-8-14(9-4-1)17(21-19-16-12-7-13-22-16)20-18-15-10-5-2-6-11-15/h1-13,19H/b20-18+,21-17+. The number of hydrazone groups is 1. The quantitative estimate of drug-likeness (QED) is 0.302. The van der Waals surface area contributed by atoms with Gasteiger partial charge < -0.3 is 0 Å². The maximum atomic E-state index is 4.37. The Kier molecular flexibility index (Phi) is 4.69. The number of rotatable bonds is 4. The van der Waals surface area contributed by atoms with E-state index >= 15 is 0 Å². The molecule has 0 aliphatic rings. The lowest BCUT2D eigenvalue weighted by atomic mass is 10.2. The van der Waals surface area contributed by atoms with Crippen molar-refractivity contribution < 1.29 is 0 Å². The van der Waals surface area contributed by atoms with E-state index in [0.29, 0.717) is 5.84 Å². The summed E-state index contributed by atoms with van der Waals surface area (Å²) in [6, 6.07) is 23.3. The van der Waals surface area contributed by atoms with Crippen LogP contribution in [0.25, 0.3) is 0 Å². The van der Waals surface area contributed by atoms with E-state index < -0.39 is 0 Å². The fourth-order valence-electron chi connectivity index (χ4n) is 1.78. The maximum Gasteiger partial charge on any atom is 0.201 e. The summed E-state index contributed by atoms with van der Waals surface area (Å²) in [6.45, 7) is 0. The van der Waals surface area contributed by atoms with Crippen LogP contribution in [-0.2, 0) is 0 Å². The number of nitrogens with one attached hydrogen (secondary N) is 1. The Bertz CT molecular complexity index is 750. The summed E-state index contributed by atoms with van der Waals surface area (Å²) in [7, 11) is 0. The third-order valence-corrected chi connectivity index (χ3v) is 3.62. The Labute approximate surface area is 132 Å². The molecule has 1 N–H and O–H groups in total. The molecule has 108 valence electrons. The molecule has 0 aliphatic carbocycles. The van der Waals surface area contributed by atoms with Crippen LogP contribution in [0.1, 0.15) is 5.56 Å². The molecule has 0 aliphatic heterocycles. The van der Waals surface area contributed by atoms with Crippen molar-refractivity contribution in [3.05, 3.63) is 83.7 Å². The molecule has 0 amide bonds. The minimum Gasteiger partial charge on any atom is -0.266 e. The van der Waals surface area contributed by atoms with Crippen molar-refractivity contribution in [2.24, 2.45) is 15.3 Å². The van der Waals surface area contributed by atoms with Gasteiger partial charge in [0.15, 0.2) is 0 Å². The molecule has 0 radical (unpaired) electrons.